The Bertz CT molecular complexity index is 395. The second-order valence-electron chi connectivity index (χ2n) is 3.19. The van der Waals surface area contributed by atoms with Gasteiger partial charge in [0.25, 0.3) is 0 Å². The van der Waals surface area contributed by atoms with Gasteiger partial charge in [-0.15, -0.1) is 0 Å². The number of nitrogens with one attached hydrogen (secondary N) is 2. The van der Waals surface area contributed by atoms with Crippen LogP contribution in [0.4, 0.5) is 10.6 Å². The number of rotatable bonds is 4. The van der Waals surface area contributed by atoms with Crippen LogP contribution in [0.1, 0.15) is 13.3 Å². The van der Waals surface area contributed by atoms with Crippen LogP contribution in [0.15, 0.2) is 22.8 Å². The van der Waals surface area contributed by atoms with Crippen LogP contribution < -0.4 is 10.6 Å². The predicted octanol–water partition coefficient (Wildman–Crippen LogP) is 1.94. The van der Waals surface area contributed by atoms with Crippen molar-refractivity contribution in [2.45, 2.75) is 13.3 Å². The monoisotopic (exact) mass is 285 g/mol. The first-order valence-electron chi connectivity index (χ1n) is 4.74. The molecule has 0 aliphatic heterocycles. The molecular weight excluding hydrogens is 274 g/mol. The molecule has 0 fully saturated rings. The second kappa shape index (κ2) is 6.22. The van der Waals surface area contributed by atoms with E-state index >= 15 is 0 Å². The average Bonchev–Trinajstić information content (AvgIpc) is 2.16. The van der Waals surface area contributed by atoms with Gasteiger partial charge in [0, 0.05) is 23.6 Å². The van der Waals surface area contributed by atoms with Gasteiger partial charge in [-0.3, -0.25) is 10.1 Å². The molecule has 0 aliphatic carbocycles. The standard InChI is InChI=1S/C10H12BrN3O2/c1-7(15)2-4-13-10(16)14-9-6-8(11)3-5-12-9/h3,5-6H,2,4H2,1H3,(H2,12,13,14,16). The molecule has 0 saturated heterocycles. The fraction of sp³-hybridized carbons (Fsp3) is 0.300. The van der Waals surface area contributed by atoms with Crippen LogP contribution >= 0.6 is 15.9 Å². The summed E-state index contributed by atoms with van der Waals surface area (Å²) < 4.78 is 0.835. The molecule has 2 amide bonds. The van der Waals surface area contributed by atoms with Crippen molar-refractivity contribution in [2.24, 2.45) is 0 Å². The fourth-order valence-corrected chi connectivity index (χ4v) is 1.32. The summed E-state index contributed by atoms with van der Waals surface area (Å²) >= 11 is 3.27. The zero-order valence-corrected chi connectivity index (χ0v) is 10.4. The SMILES string of the molecule is CC(=O)CCNC(=O)Nc1cc(Br)ccn1. The summed E-state index contributed by atoms with van der Waals surface area (Å²) in [4.78, 5) is 25.9. The molecule has 1 heterocycles. The van der Waals surface area contributed by atoms with Gasteiger partial charge >= 0.3 is 6.03 Å². The number of pyridine rings is 1. The van der Waals surface area contributed by atoms with Gasteiger partial charge in [0.15, 0.2) is 0 Å². The Labute approximate surface area is 102 Å². The Kier molecular flexibility index (Phi) is 4.91. The zero-order chi connectivity index (χ0) is 12.0. The minimum absolute atomic E-state index is 0.0425. The predicted molar refractivity (Wildman–Crippen MR) is 64.3 cm³/mol. The Morgan fingerprint density at radius 3 is 2.88 bits per heavy atom. The van der Waals surface area contributed by atoms with Gasteiger partial charge in [0.2, 0.25) is 0 Å². The molecule has 16 heavy (non-hydrogen) atoms. The molecule has 6 heteroatoms. The highest BCUT2D eigenvalue weighted by molar-refractivity contribution is 9.10. The maximum absolute atomic E-state index is 11.3. The Morgan fingerprint density at radius 1 is 1.50 bits per heavy atom. The van der Waals surface area contributed by atoms with E-state index in [0.717, 1.165) is 4.47 Å². The smallest absolute Gasteiger partial charge is 0.320 e. The Balaban J connectivity index is 2.37. The third kappa shape index (κ3) is 4.88. The van der Waals surface area contributed by atoms with E-state index in [2.05, 4.69) is 31.5 Å². The molecule has 0 bridgehead atoms. The number of carbonyl (C=O) groups excluding carboxylic acids is 2. The van der Waals surface area contributed by atoms with E-state index in [4.69, 9.17) is 0 Å². The first-order valence-corrected chi connectivity index (χ1v) is 5.53. The van der Waals surface area contributed by atoms with Crippen LogP contribution in [0.2, 0.25) is 0 Å². The second-order valence-corrected chi connectivity index (χ2v) is 4.11. The molecule has 2 N–H and O–H groups in total. The summed E-state index contributed by atoms with van der Waals surface area (Å²) in [5.74, 6) is 0.496. The highest BCUT2D eigenvalue weighted by atomic mass is 79.9. The van der Waals surface area contributed by atoms with Crippen LogP contribution in [-0.4, -0.2) is 23.3 Å². The number of urea groups is 1. The minimum Gasteiger partial charge on any atom is -0.337 e. The van der Waals surface area contributed by atoms with Gasteiger partial charge < -0.3 is 5.32 Å². The number of hydrogen-bond donors (Lipinski definition) is 2. The van der Waals surface area contributed by atoms with Crippen molar-refractivity contribution in [3.8, 4) is 0 Å². The Hall–Kier alpha value is -1.43. The third-order valence-corrected chi connectivity index (χ3v) is 2.22. The van der Waals surface area contributed by atoms with E-state index < -0.39 is 0 Å². The van der Waals surface area contributed by atoms with Crippen molar-refractivity contribution >= 4 is 33.6 Å². The van der Waals surface area contributed by atoms with Crippen molar-refractivity contribution in [3.63, 3.8) is 0 Å². The van der Waals surface area contributed by atoms with Crippen molar-refractivity contribution in [2.75, 3.05) is 11.9 Å². The van der Waals surface area contributed by atoms with Gasteiger partial charge in [-0.2, -0.15) is 0 Å². The fourth-order valence-electron chi connectivity index (χ4n) is 0.986. The van der Waals surface area contributed by atoms with Crippen LogP contribution in [0.25, 0.3) is 0 Å². The third-order valence-electron chi connectivity index (χ3n) is 1.73. The number of nitrogens with zero attached hydrogens (tertiary/aromatic N) is 1. The van der Waals surface area contributed by atoms with Crippen LogP contribution in [0.3, 0.4) is 0 Å². The maximum Gasteiger partial charge on any atom is 0.320 e. The van der Waals surface area contributed by atoms with E-state index in [-0.39, 0.29) is 11.8 Å². The van der Waals surface area contributed by atoms with Crippen LogP contribution in [0.5, 0.6) is 0 Å². The van der Waals surface area contributed by atoms with Crippen LogP contribution in [0, 0.1) is 0 Å². The molecule has 0 radical (unpaired) electrons. The molecule has 0 spiro atoms. The van der Waals surface area contributed by atoms with Gasteiger partial charge in [0.05, 0.1) is 0 Å². The molecule has 0 atom stereocenters. The number of halogens is 1. The molecule has 0 aliphatic rings. The molecular formula is C10H12BrN3O2. The first-order chi connectivity index (χ1) is 7.58. The topological polar surface area (TPSA) is 71.1 Å². The lowest BCUT2D eigenvalue weighted by Gasteiger charge is -2.05. The lowest BCUT2D eigenvalue weighted by atomic mass is 10.3. The number of hydrogen-bond acceptors (Lipinski definition) is 3. The van der Waals surface area contributed by atoms with Gasteiger partial charge in [-0.25, -0.2) is 9.78 Å². The largest absolute Gasteiger partial charge is 0.337 e. The van der Waals surface area contributed by atoms with Crippen molar-refractivity contribution < 1.29 is 9.59 Å². The highest BCUT2D eigenvalue weighted by Crippen LogP contribution is 2.12. The highest BCUT2D eigenvalue weighted by Gasteiger charge is 2.02. The molecule has 0 aromatic carbocycles. The quantitative estimate of drug-likeness (QED) is 0.888. The van der Waals surface area contributed by atoms with Gasteiger partial charge in [-0.1, -0.05) is 15.9 Å². The molecule has 0 unspecified atom stereocenters. The number of anilines is 1. The number of amides is 2. The first kappa shape index (κ1) is 12.6. The normalized spacial score (nSPS) is 9.62. The maximum atomic E-state index is 11.3. The lowest BCUT2D eigenvalue weighted by molar-refractivity contribution is -0.116. The molecule has 5 nitrogen and oxygen atoms in total. The summed E-state index contributed by atoms with van der Waals surface area (Å²) in [5, 5.41) is 5.11. The van der Waals surface area contributed by atoms with E-state index in [1.165, 1.54) is 6.92 Å². The molecule has 86 valence electrons. The molecule has 1 aromatic rings. The summed E-state index contributed by atoms with van der Waals surface area (Å²) in [6, 6.07) is 3.08. The van der Waals surface area contributed by atoms with E-state index in [0.29, 0.717) is 18.8 Å². The lowest BCUT2D eigenvalue weighted by Crippen LogP contribution is -2.30. The van der Waals surface area contributed by atoms with Gasteiger partial charge in [0.1, 0.15) is 11.6 Å². The molecule has 0 saturated carbocycles. The summed E-state index contributed by atoms with van der Waals surface area (Å²) in [6.07, 6.45) is 1.91. The van der Waals surface area contributed by atoms with E-state index in [1.54, 1.807) is 18.3 Å². The summed E-state index contributed by atoms with van der Waals surface area (Å²) in [6.45, 7) is 1.81. The zero-order valence-electron chi connectivity index (χ0n) is 8.79. The summed E-state index contributed by atoms with van der Waals surface area (Å²) in [7, 11) is 0. The number of ketones is 1. The molecule has 1 rings (SSSR count). The van der Waals surface area contributed by atoms with E-state index in [9.17, 15) is 9.59 Å². The van der Waals surface area contributed by atoms with E-state index in [1.807, 2.05) is 0 Å². The van der Waals surface area contributed by atoms with Crippen molar-refractivity contribution in [1.29, 1.82) is 0 Å². The average molecular weight is 286 g/mol. The number of carbonyl (C=O) groups is 2. The van der Waals surface area contributed by atoms with Crippen molar-refractivity contribution in [3.05, 3.63) is 22.8 Å². The van der Waals surface area contributed by atoms with Gasteiger partial charge in [-0.05, 0) is 19.1 Å². The number of aromatic nitrogens is 1. The van der Waals surface area contributed by atoms with Crippen molar-refractivity contribution in [1.82, 2.24) is 10.3 Å². The van der Waals surface area contributed by atoms with Crippen LogP contribution in [-0.2, 0) is 4.79 Å². The number of Topliss-reactive ketones (excluding diaryl/α,β-unsaturated/α-hetero) is 1. The molecule has 1 aromatic heterocycles. The minimum atomic E-state index is -0.369. The Morgan fingerprint density at radius 2 is 2.25 bits per heavy atom. The summed E-state index contributed by atoms with van der Waals surface area (Å²) in [5.41, 5.74) is 0.